The van der Waals surface area contributed by atoms with Crippen molar-refractivity contribution < 1.29 is 42.1 Å². The van der Waals surface area contributed by atoms with Crippen LogP contribution in [0.2, 0.25) is 0 Å². The average Bonchev–Trinajstić information content (AvgIpc) is 3.36. The van der Waals surface area contributed by atoms with E-state index in [1.165, 1.54) is 48.5 Å². The lowest BCUT2D eigenvalue weighted by atomic mass is 9.96. The van der Waals surface area contributed by atoms with E-state index >= 15 is 0 Å². The van der Waals surface area contributed by atoms with E-state index in [1.807, 2.05) is 6.92 Å². The molecule has 0 aromatic heterocycles. The third-order valence-electron chi connectivity index (χ3n) is 5.66. The molecule has 1 atom stereocenters. The smallest absolute Gasteiger partial charge is 0.322 e. The van der Waals surface area contributed by atoms with Crippen LogP contribution in [-0.4, -0.2) is 44.7 Å². The third kappa shape index (κ3) is 6.03. The number of benzene rings is 3. The van der Waals surface area contributed by atoms with Crippen molar-refractivity contribution in [2.45, 2.75) is 24.2 Å². The zero-order chi connectivity index (χ0) is 27.3. The molecule has 38 heavy (non-hydrogen) atoms. The summed E-state index contributed by atoms with van der Waals surface area (Å²) in [4.78, 5) is 35.8. The summed E-state index contributed by atoms with van der Waals surface area (Å²) in [7, 11) is -4.13. The van der Waals surface area contributed by atoms with Gasteiger partial charge in [0.25, 0.3) is 15.9 Å². The van der Waals surface area contributed by atoms with Gasteiger partial charge in [0, 0.05) is 0 Å². The first-order valence-electron chi connectivity index (χ1n) is 11.5. The van der Waals surface area contributed by atoms with Crippen molar-refractivity contribution >= 4 is 33.6 Å². The molecule has 0 saturated heterocycles. The van der Waals surface area contributed by atoms with E-state index in [9.17, 15) is 22.8 Å². The SMILES string of the molecule is CCC(C(=O)Oc1ccc(S(=O)(=O)Nc2ccccc2C(=O)NCC(=O)O)cc1)c1ccc2c(c1)OCO2. The molecular weight excluding hydrogens is 516 g/mol. The van der Waals surface area contributed by atoms with E-state index < -0.39 is 40.3 Å². The van der Waals surface area contributed by atoms with Crippen LogP contribution in [0, 0.1) is 0 Å². The van der Waals surface area contributed by atoms with Crippen molar-refractivity contribution in [3.8, 4) is 17.2 Å². The number of hydrogen-bond donors (Lipinski definition) is 3. The van der Waals surface area contributed by atoms with Crippen molar-refractivity contribution in [1.82, 2.24) is 5.32 Å². The van der Waals surface area contributed by atoms with Crippen molar-refractivity contribution in [2.24, 2.45) is 0 Å². The van der Waals surface area contributed by atoms with E-state index in [1.54, 1.807) is 18.2 Å². The molecule has 0 bridgehead atoms. The number of anilines is 1. The molecule has 1 aliphatic heterocycles. The fourth-order valence-corrected chi connectivity index (χ4v) is 4.85. The highest BCUT2D eigenvalue weighted by Crippen LogP contribution is 2.36. The average molecular weight is 541 g/mol. The number of rotatable bonds is 10. The molecule has 3 aromatic carbocycles. The summed E-state index contributed by atoms with van der Waals surface area (Å²) in [5.74, 6) is -1.76. The molecule has 0 saturated carbocycles. The summed E-state index contributed by atoms with van der Waals surface area (Å²) in [6.07, 6.45) is 0.467. The van der Waals surface area contributed by atoms with Crippen LogP contribution in [0.15, 0.2) is 71.6 Å². The van der Waals surface area contributed by atoms with Gasteiger partial charge < -0.3 is 24.6 Å². The van der Waals surface area contributed by atoms with Gasteiger partial charge in [-0.15, -0.1) is 0 Å². The molecule has 1 amide bonds. The summed E-state index contributed by atoms with van der Waals surface area (Å²) >= 11 is 0. The van der Waals surface area contributed by atoms with Crippen LogP contribution in [0.25, 0.3) is 0 Å². The Hall–Kier alpha value is -4.58. The minimum Gasteiger partial charge on any atom is -0.480 e. The number of hydrogen-bond acceptors (Lipinski definition) is 8. The summed E-state index contributed by atoms with van der Waals surface area (Å²) < 4.78 is 44.4. The Morgan fingerprint density at radius 2 is 1.71 bits per heavy atom. The Morgan fingerprint density at radius 1 is 1.00 bits per heavy atom. The minimum atomic E-state index is -4.13. The number of esters is 1. The fraction of sp³-hybridized carbons (Fsp3) is 0.192. The fourth-order valence-electron chi connectivity index (χ4n) is 3.77. The molecule has 0 spiro atoms. The summed E-state index contributed by atoms with van der Waals surface area (Å²) in [6, 6.07) is 16.2. The Labute approximate surface area is 218 Å². The van der Waals surface area contributed by atoms with Crippen LogP contribution in [0.3, 0.4) is 0 Å². The van der Waals surface area contributed by atoms with Crippen molar-refractivity contribution in [3.63, 3.8) is 0 Å². The van der Waals surface area contributed by atoms with E-state index in [-0.39, 0.29) is 28.7 Å². The number of carboxylic acid groups (broad SMARTS) is 1. The quantitative estimate of drug-likeness (QED) is 0.260. The highest BCUT2D eigenvalue weighted by Gasteiger charge is 2.25. The van der Waals surface area contributed by atoms with Gasteiger partial charge in [-0.2, -0.15) is 0 Å². The second-order valence-electron chi connectivity index (χ2n) is 8.19. The van der Waals surface area contributed by atoms with Crippen LogP contribution >= 0.6 is 0 Å². The van der Waals surface area contributed by atoms with Crippen LogP contribution in [0.4, 0.5) is 5.69 Å². The number of amides is 1. The first-order valence-corrected chi connectivity index (χ1v) is 13.0. The van der Waals surface area contributed by atoms with Gasteiger partial charge in [0.1, 0.15) is 12.3 Å². The number of carbonyl (C=O) groups excluding carboxylic acids is 2. The zero-order valence-electron chi connectivity index (χ0n) is 20.2. The molecule has 1 heterocycles. The number of sulfonamides is 1. The van der Waals surface area contributed by atoms with Gasteiger partial charge in [-0.1, -0.05) is 25.1 Å². The normalized spacial score (nSPS) is 12.9. The third-order valence-corrected chi connectivity index (χ3v) is 7.04. The Morgan fingerprint density at radius 3 is 2.42 bits per heavy atom. The van der Waals surface area contributed by atoms with E-state index in [2.05, 4.69) is 10.0 Å². The molecule has 11 nitrogen and oxygen atoms in total. The molecule has 1 aliphatic rings. The van der Waals surface area contributed by atoms with Gasteiger partial charge in [-0.3, -0.25) is 19.1 Å². The van der Waals surface area contributed by atoms with Crippen LogP contribution in [-0.2, 0) is 19.6 Å². The van der Waals surface area contributed by atoms with Gasteiger partial charge in [-0.25, -0.2) is 8.42 Å². The van der Waals surface area contributed by atoms with Crippen LogP contribution in [0.1, 0.15) is 35.2 Å². The number of fused-ring (bicyclic) bond motifs is 1. The van der Waals surface area contributed by atoms with Crippen molar-refractivity contribution in [2.75, 3.05) is 18.1 Å². The van der Waals surface area contributed by atoms with Gasteiger partial charge in [-0.05, 0) is 60.5 Å². The molecule has 198 valence electrons. The number of para-hydroxylation sites is 1. The number of ether oxygens (including phenoxy) is 3. The maximum atomic E-state index is 12.9. The minimum absolute atomic E-state index is 0.0274. The van der Waals surface area contributed by atoms with E-state index in [4.69, 9.17) is 19.3 Å². The maximum Gasteiger partial charge on any atom is 0.322 e. The predicted molar refractivity (Wildman–Crippen MR) is 135 cm³/mol. The number of nitrogens with one attached hydrogen (secondary N) is 2. The van der Waals surface area contributed by atoms with Crippen molar-refractivity contribution in [3.05, 3.63) is 77.9 Å². The molecule has 0 radical (unpaired) electrons. The molecule has 4 rings (SSSR count). The Bertz CT molecular complexity index is 1470. The second-order valence-corrected chi connectivity index (χ2v) is 9.88. The lowest BCUT2D eigenvalue weighted by Crippen LogP contribution is -2.30. The summed E-state index contributed by atoms with van der Waals surface area (Å²) in [6.45, 7) is 1.35. The first kappa shape index (κ1) is 26.5. The summed E-state index contributed by atoms with van der Waals surface area (Å²) in [5.41, 5.74) is 0.633. The standard InChI is InChI=1S/C26H24N2O9S/c1-2-19(16-7-12-22-23(13-16)36-15-35-22)26(32)37-17-8-10-18(11-9-17)38(33,34)28-21-6-4-3-5-20(21)25(31)27-14-24(29)30/h3-13,19,28H,2,14-15H2,1H3,(H,27,31)(H,29,30). The molecule has 1 unspecified atom stereocenters. The molecule has 12 heteroatoms. The van der Waals surface area contributed by atoms with Crippen LogP contribution in [0.5, 0.6) is 17.2 Å². The Kier molecular flexibility index (Phi) is 7.82. The molecule has 0 fully saturated rings. The molecule has 3 aromatic rings. The summed E-state index contributed by atoms with van der Waals surface area (Å²) in [5, 5.41) is 11.0. The lowest BCUT2D eigenvalue weighted by molar-refractivity contribution is -0.137. The number of aliphatic carboxylic acids is 1. The van der Waals surface area contributed by atoms with Gasteiger partial charge >= 0.3 is 11.9 Å². The lowest BCUT2D eigenvalue weighted by Gasteiger charge is -2.15. The van der Waals surface area contributed by atoms with Crippen molar-refractivity contribution in [1.29, 1.82) is 0 Å². The van der Waals surface area contributed by atoms with Gasteiger partial charge in [0.05, 0.1) is 22.1 Å². The van der Waals surface area contributed by atoms with E-state index in [0.29, 0.717) is 23.5 Å². The highest BCUT2D eigenvalue weighted by atomic mass is 32.2. The van der Waals surface area contributed by atoms with E-state index in [0.717, 1.165) is 0 Å². The molecule has 3 N–H and O–H groups in total. The zero-order valence-corrected chi connectivity index (χ0v) is 21.0. The molecular formula is C26H24N2O9S. The Balaban J connectivity index is 1.45. The van der Waals surface area contributed by atoms with Gasteiger partial charge in [0.2, 0.25) is 6.79 Å². The van der Waals surface area contributed by atoms with Crippen LogP contribution < -0.4 is 24.2 Å². The second kappa shape index (κ2) is 11.2. The number of carbonyl (C=O) groups is 3. The maximum absolute atomic E-state index is 12.9. The molecule has 0 aliphatic carbocycles. The number of carboxylic acids is 1. The topological polar surface area (TPSA) is 157 Å². The van der Waals surface area contributed by atoms with Gasteiger partial charge in [0.15, 0.2) is 11.5 Å². The highest BCUT2D eigenvalue weighted by molar-refractivity contribution is 7.92. The monoisotopic (exact) mass is 540 g/mol. The first-order chi connectivity index (χ1) is 18.2. The predicted octanol–water partition coefficient (Wildman–Crippen LogP) is 3.13. The largest absolute Gasteiger partial charge is 0.480 e.